The first-order valence-electron chi connectivity index (χ1n) is 10.6. The third kappa shape index (κ3) is 6.60. The van der Waals surface area contributed by atoms with Crippen LogP contribution in [0.1, 0.15) is 40.9 Å². The molecule has 0 bridgehead atoms. The van der Waals surface area contributed by atoms with E-state index in [-0.39, 0.29) is 5.91 Å². The van der Waals surface area contributed by atoms with Crippen LogP contribution in [0.3, 0.4) is 0 Å². The van der Waals surface area contributed by atoms with Gasteiger partial charge in [0.25, 0.3) is 5.91 Å². The first-order valence-corrected chi connectivity index (χ1v) is 10.6. The van der Waals surface area contributed by atoms with Gasteiger partial charge in [0.1, 0.15) is 23.9 Å². The zero-order chi connectivity index (χ0) is 22.8. The lowest BCUT2D eigenvalue weighted by atomic mass is 10.2. The van der Waals surface area contributed by atoms with Crippen molar-refractivity contribution in [3.63, 3.8) is 0 Å². The van der Waals surface area contributed by atoms with Crippen molar-refractivity contribution in [2.45, 2.75) is 27.4 Å². The molecule has 6 heteroatoms. The van der Waals surface area contributed by atoms with E-state index in [1.165, 1.54) is 5.56 Å². The van der Waals surface area contributed by atoms with Crippen LogP contribution in [0.25, 0.3) is 0 Å². The van der Waals surface area contributed by atoms with Crippen LogP contribution < -0.4 is 19.6 Å². The summed E-state index contributed by atoms with van der Waals surface area (Å²) in [6, 6.07) is 20.6. The fourth-order valence-electron chi connectivity index (χ4n) is 2.94. The highest BCUT2D eigenvalue weighted by Crippen LogP contribution is 2.24. The van der Waals surface area contributed by atoms with Crippen molar-refractivity contribution in [2.75, 3.05) is 13.2 Å². The summed E-state index contributed by atoms with van der Waals surface area (Å²) in [5, 5.41) is 4.07. The summed E-state index contributed by atoms with van der Waals surface area (Å²) in [5.41, 5.74) is 6.08. The molecule has 3 aromatic carbocycles. The molecule has 32 heavy (non-hydrogen) atoms. The van der Waals surface area contributed by atoms with Crippen LogP contribution in [0.4, 0.5) is 0 Å². The number of hydrogen-bond acceptors (Lipinski definition) is 5. The fraction of sp³-hybridized carbons (Fsp3) is 0.231. The van der Waals surface area contributed by atoms with Crippen LogP contribution in [0, 0.1) is 6.92 Å². The molecule has 3 aromatic rings. The predicted octanol–water partition coefficient (Wildman–Crippen LogP) is 5.14. The van der Waals surface area contributed by atoms with Gasteiger partial charge in [-0.2, -0.15) is 5.10 Å². The van der Waals surface area contributed by atoms with Gasteiger partial charge in [-0.25, -0.2) is 5.43 Å². The second-order valence-corrected chi connectivity index (χ2v) is 7.06. The molecular weight excluding hydrogens is 404 g/mol. The van der Waals surface area contributed by atoms with Crippen molar-refractivity contribution in [3.05, 3.63) is 89.0 Å². The quantitative estimate of drug-likeness (QED) is 0.356. The maximum atomic E-state index is 12.4. The molecule has 0 heterocycles. The van der Waals surface area contributed by atoms with Crippen molar-refractivity contribution in [2.24, 2.45) is 5.10 Å². The van der Waals surface area contributed by atoms with E-state index >= 15 is 0 Å². The summed E-state index contributed by atoms with van der Waals surface area (Å²) in [5.74, 6) is 1.75. The Hall–Kier alpha value is -3.80. The van der Waals surface area contributed by atoms with Crippen LogP contribution in [-0.4, -0.2) is 25.3 Å². The van der Waals surface area contributed by atoms with Gasteiger partial charge in [0.15, 0.2) is 0 Å². The standard InChI is InChI=1S/C26H28N2O4/c1-4-30-24-15-12-22(25(16-24)31-5-2)17-27-28-26(29)21-10-13-23(14-11-21)32-18-20-8-6-19(3)7-9-20/h6-17H,4-5,18H2,1-3H3,(H,28,29)/b27-17-. The van der Waals surface area contributed by atoms with E-state index in [1.54, 1.807) is 30.5 Å². The number of nitrogens with one attached hydrogen (secondary N) is 1. The number of hydrogen-bond donors (Lipinski definition) is 1. The number of aryl methyl sites for hydroxylation is 1. The van der Waals surface area contributed by atoms with Crippen molar-refractivity contribution >= 4 is 12.1 Å². The van der Waals surface area contributed by atoms with Gasteiger partial charge in [0.2, 0.25) is 0 Å². The highest BCUT2D eigenvalue weighted by atomic mass is 16.5. The van der Waals surface area contributed by atoms with Crippen LogP contribution in [-0.2, 0) is 6.61 Å². The monoisotopic (exact) mass is 432 g/mol. The molecule has 0 aliphatic rings. The van der Waals surface area contributed by atoms with Gasteiger partial charge in [-0.05, 0) is 62.7 Å². The van der Waals surface area contributed by atoms with Gasteiger partial charge in [-0.15, -0.1) is 0 Å². The van der Waals surface area contributed by atoms with E-state index in [4.69, 9.17) is 14.2 Å². The molecule has 166 valence electrons. The number of rotatable bonds is 10. The molecule has 0 atom stereocenters. The molecular formula is C26H28N2O4. The average molecular weight is 433 g/mol. The third-order valence-electron chi connectivity index (χ3n) is 4.61. The maximum Gasteiger partial charge on any atom is 0.271 e. The minimum Gasteiger partial charge on any atom is -0.494 e. The third-order valence-corrected chi connectivity index (χ3v) is 4.61. The molecule has 0 aromatic heterocycles. The summed E-state index contributed by atoms with van der Waals surface area (Å²) in [7, 11) is 0. The molecule has 6 nitrogen and oxygen atoms in total. The highest BCUT2D eigenvalue weighted by Gasteiger charge is 2.07. The van der Waals surface area contributed by atoms with Gasteiger partial charge >= 0.3 is 0 Å². The van der Waals surface area contributed by atoms with Gasteiger partial charge in [-0.1, -0.05) is 29.8 Å². The first kappa shape index (κ1) is 22.9. The molecule has 0 unspecified atom stereocenters. The number of nitrogens with zero attached hydrogens (tertiary/aromatic N) is 1. The Bertz CT molecular complexity index is 1040. The Balaban J connectivity index is 1.56. The van der Waals surface area contributed by atoms with Crippen molar-refractivity contribution < 1.29 is 19.0 Å². The summed E-state index contributed by atoms with van der Waals surface area (Å²) in [6.07, 6.45) is 1.55. The Morgan fingerprint density at radius 1 is 0.875 bits per heavy atom. The number of carbonyl (C=O) groups excluding carboxylic acids is 1. The molecule has 0 aliphatic heterocycles. The van der Waals surface area contributed by atoms with Crippen molar-refractivity contribution in [1.82, 2.24) is 5.43 Å². The zero-order valence-electron chi connectivity index (χ0n) is 18.6. The summed E-state index contributed by atoms with van der Waals surface area (Å²) >= 11 is 0. The molecule has 1 N–H and O–H groups in total. The van der Waals surface area contributed by atoms with Gasteiger partial charge in [-0.3, -0.25) is 4.79 Å². The smallest absolute Gasteiger partial charge is 0.271 e. The summed E-state index contributed by atoms with van der Waals surface area (Å²) in [6.45, 7) is 7.44. The van der Waals surface area contributed by atoms with Crippen molar-refractivity contribution in [3.8, 4) is 17.2 Å². The van der Waals surface area contributed by atoms with E-state index in [0.29, 0.717) is 36.9 Å². The lowest BCUT2D eigenvalue weighted by Gasteiger charge is -2.10. The lowest BCUT2D eigenvalue weighted by Crippen LogP contribution is -2.17. The summed E-state index contributed by atoms with van der Waals surface area (Å²) < 4.78 is 16.9. The van der Waals surface area contributed by atoms with Gasteiger partial charge in [0, 0.05) is 17.2 Å². The van der Waals surface area contributed by atoms with Gasteiger partial charge < -0.3 is 14.2 Å². The molecule has 0 spiro atoms. The van der Waals surface area contributed by atoms with Crippen LogP contribution in [0.2, 0.25) is 0 Å². The van der Waals surface area contributed by atoms with Crippen LogP contribution >= 0.6 is 0 Å². The fourth-order valence-corrected chi connectivity index (χ4v) is 2.94. The second kappa shape index (κ2) is 11.6. The second-order valence-electron chi connectivity index (χ2n) is 7.06. The van der Waals surface area contributed by atoms with Crippen LogP contribution in [0.5, 0.6) is 17.2 Å². The topological polar surface area (TPSA) is 69.2 Å². The molecule has 0 aliphatic carbocycles. The SMILES string of the molecule is CCOc1ccc(/C=N\NC(=O)c2ccc(OCc3ccc(C)cc3)cc2)c(OCC)c1. The minimum absolute atomic E-state index is 0.310. The molecule has 0 saturated heterocycles. The average Bonchev–Trinajstić information content (AvgIpc) is 2.81. The molecule has 0 fully saturated rings. The highest BCUT2D eigenvalue weighted by molar-refractivity contribution is 5.95. The normalized spacial score (nSPS) is 10.7. The summed E-state index contributed by atoms with van der Waals surface area (Å²) in [4.78, 5) is 12.4. The zero-order valence-corrected chi connectivity index (χ0v) is 18.6. The molecule has 0 saturated carbocycles. The van der Waals surface area contributed by atoms with E-state index in [9.17, 15) is 4.79 Å². The van der Waals surface area contributed by atoms with E-state index < -0.39 is 0 Å². The Kier molecular flexibility index (Phi) is 8.26. The number of hydrazone groups is 1. The van der Waals surface area contributed by atoms with E-state index in [1.807, 2.05) is 44.2 Å². The predicted molar refractivity (Wildman–Crippen MR) is 126 cm³/mol. The number of ether oxygens (including phenoxy) is 3. The minimum atomic E-state index is -0.310. The number of benzene rings is 3. The van der Waals surface area contributed by atoms with Crippen molar-refractivity contribution in [1.29, 1.82) is 0 Å². The van der Waals surface area contributed by atoms with E-state index in [0.717, 1.165) is 16.9 Å². The van der Waals surface area contributed by atoms with Crippen LogP contribution in [0.15, 0.2) is 71.8 Å². The van der Waals surface area contributed by atoms with E-state index in [2.05, 4.69) is 29.6 Å². The Labute approximate surface area is 188 Å². The number of carbonyl (C=O) groups is 1. The molecule has 0 radical (unpaired) electrons. The number of amides is 1. The molecule has 1 amide bonds. The lowest BCUT2D eigenvalue weighted by molar-refractivity contribution is 0.0955. The largest absolute Gasteiger partial charge is 0.494 e. The Morgan fingerprint density at radius 3 is 2.25 bits per heavy atom. The Morgan fingerprint density at radius 2 is 1.56 bits per heavy atom. The molecule has 3 rings (SSSR count). The van der Waals surface area contributed by atoms with Gasteiger partial charge in [0.05, 0.1) is 19.4 Å². The maximum absolute atomic E-state index is 12.4. The first-order chi connectivity index (χ1) is 15.6.